The van der Waals surface area contributed by atoms with Crippen LogP contribution in [-0.4, -0.2) is 23.8 Å². The monoisotopic (exact) mass is 273 g/mol. The summed E-state index contributed by atoms with van der Waals surface area (Å²) in [4.78, 5) is 2.46. The van der Waals surface area contributed by atoms with Crippen LogP contribution in [0.2, 0.25) is 0 Å². The van der Waals surface area contributed by atoms with Crippen molar-refractivity contribution in [1.29, 1.82) is 5.41 Å². The van der Waals surface area contributed by atoms with E-state index < -0.39 is 0 Å². The number of rotatable bonds is 3. The van der Waals surface area contributed by atoms with Crippen LogP contribution in [0, 0.1) is 11.3 Å². The van der Waals surface area contributed by atoms with Gasteiger partial charge >= 0.3 is 0 Å². The van der Waals surface area contributed by atoms with Crippen LogP contribution in [0.5, 0.6) is 0 Å². The Labute approximate surface area is 122 Å². The van der Waals surface area contributed by atoms with Crippen molar-refractivity contribution >= 4 is 5.84 Å². The number of benzene rings is 1. The summed E-state index contributed by atoms with van der Waals surface area (Å²) >= 11 is 0. The first kappa shape index (κ1) is 15.0. The normalized spacial score (nSPS) is 18.1. The molecule has 1 aromatic rings. The number of nitrogens with two attached hydrogens (primary N) is 1. The maximum Gasteiger partial charge on any atom is 0.0937 e. The van der Waals surface area contributed by atoms with Gasteiger partial charge in [0.25, 0.3) is 0 Å². The maximum absolute atomic E-state index is 7.52. The third-order valence-electron chi connectivity index (χ3n) is 4.25. The number of nitrogens with zero attached hydrogens (tertiary/aromatic N) is 1. The summed E-state index contributed by atoms with van der Waals surface area (Å²) in [6, 6.07) is 8.99. The molecule has 20 heavy (non-hydrogen) atoms. The first-order valence-corrected chi connectivity index (χ1v) is 7.52. The minimum Gasteiger partial charge on any atom is -0.387 e. The first-order valence-electron chi connectivity index (χ1n) is 7.52. The van der Waals surface area contributed by atoms with E-state index in [1.54, 1.807) is 0 Å². The van der Waals surface area contributed by atoms with E-state index in [0.717, 1.165) is 32.5 Å². The van der Waals surface area contributed by atoms with Crippen molar-refractivity contribution < 1.29 is 0 Å². The Kier molecular flexibility index (Phi) is 4.48. The zero-order chi connectivity index (χ0) is 14.8. The third kappa shape index (κ3) is 3.83. The SMILES string of the molecule is CC(C)(C)c1ccc(CN2CCC(C(=N)N)CC2)cc1. The fraction of sp³-hybridized carbons (Fsp3) is 0.588. The van der Waals surface area contributed by atoms with E-state index in [-0.39, 0.29) is 5.41 Å². The summed E-state index contributed by atoms with van der Waals surface area (Å²) < 4.78 is 0. The molecular formula is C17H27N3. The lowest BCUT2D eigenvalue weighted by atomic mass is 9.86. The fourth-order valence-electron chi connectivity index (χ4n) is 2.77. The average molecular weight is 273 g/mol. The molecule has 0 bridgehead atoms. The van der Waals surface area contributed by atoms with Gasteiger partial charge in [0.1, 0.15) is 0 Å². The van der Waals surface area contributed by atoms with E-state index in [0.29, 0.717) is 11.8 Å². The zero-order valence-corrected chi connectivity index (χ0v) is 12.9. The summed E-state index contributed by atoms with van der Waals surface area (Å²) in [7, 11) is 0. The van der Waals surface area contributed by atoms with Crippen molar-refractivity contribution in [2.24, 2.45) is 11.7 Å². The van der Waals surface area contributed by atoms with Gasteiger partial charge in [-0.1, -0.05) is 45.0 Å². The molecule has 3 N–H and O–H groups in total. The van der Waals surface area contributed by atoms with E-state index in [4.69, 9.17) is 11.1 Å². The minimum absolute atomic E-state index is 0.221. The predicted molar refractivity (Wildman–Crippen MR) is 85.1 cm³/mol. The van der Waals surface area contributed by atoms with Crippen molar-refractivity contribution in [3.05, 3.63) is 35.4 Å². The third-order valence-corrected chi connectivity index (χ3v) is 4.25. The molecule has 0 unspecified atom stereocenters. The number of hydrogen-bond donors (Lipinski definition) is 2. The van der Waals surface area contributed by atoms with Crippen molar-refractivity contribution in [1.82, 2.24) is 4.90 Å². The topological polar surface area (TPSA) is 53.1 Å². The maximum atomic E-state index is 7.52. The van der Waals surface area contributed by atoms with Gasteiger partial charge in [0.2, 0.25) is 0 Å². The molecule has 0 atom stereocenters. The van der Waals surface area contributed by atoms with E-state index in [9.17, 15) is 0 Å². The van der Waals surface area contributed by atoms with E-state index in [1.165, 1.54) is 11.1 Å². The van der Waals surface area contributed by atoms with E-state index in [2.05, 4.69) is 49.9 Å². The number of nitrogens with one attached hydrogen (secondary N) is 1. The van der Waals surface area contributed by atoms with Crippen molar-refractivity contribution in [2.45, 2.75) is 45.6 Å². The van der Waals surface area contributed by atoms with Gasteiger partial charge in [-0.3, -0.25) is 10.3 Å². The quantitative estimate of drug-likeness (QED) is 0.656. The molecule has 0 saturated carbocycles. The Morgan fingerprint density at radius 1 is 1.20 bits per heavy atom. The number of likely N-dealkylation sites (tertiary alicyclic amines) is 1. The summed E-state index contributed by atoms with van der Waals surface area (Å²) in [5.74, 6) is 0.661. The lowest BCUT2D eigenvalue weighted by Crippen LogP contribution is -2.37. The molecule has 0 amide bonds. The van der Waals surface area contributed by atoms with Gasteiger partial charge in [-0.05, 0) is 42.5 Å². The van der Waals surface area contributed by atoms with Crippen molar-refractivity contribution in [3.63, 3.8) is 0 Å². The predicted octanol–water partition coefficient (Wildman–Crippen LogP) is 3.13. The first-order chi connectivity index (χ1) is 9.36. The summed E-state index contributed by atoms with van der Waals surface area (Å²) in [5, 5.41) is 7.52. The molecule has 3 nitrogen and oxygen atoms in total. The molecule has 0 aromatic heterocycles. The molecule has 1 heterocycles. The number of piperidine rings is 1. The second-order valence-corrected chi connectivity index (χ2v) is 6.95. The Balaban J connectivity index is 1.90. The van der Waals surface area contributed by atoms with Gasteiger partial charge in [-0.25, -0.2) is 0 Å². The average Bonchev–Trinajstić information content (AvgIpc) is 2.39. The van der Waals surface area contributed by atoms with Gasteiger partial charge in [0.05, 0.1) is 5.84 Å². The second-order valence-electron chi connectivity index (χ2n) is 6.95. The van der Waals surface area contributed by atoms with Crippen LogP contribution in [0.1, 0.15) is 44.7 Å². The fourth-order valence-corrected chi connectivity index (χ4v) is 2.77. The van der Waals surface area contributed by atoms with E-state index >= 15 is 0 Å². The van der Waals surface area contributed by atoms with Crippen LogP contribution in [0.15, 0.2) is 24.3 Å². The Morgan fingerprint density at radius 3 is 2.20 bits per heavy atom. The summed E-state index contributed by atoms with van der Waals surface area (Å²) in [6.07, 6.45) is 2.05. The van der Waals surface area contributed by atoms with Gasteiger partial charge in [0.15, 0.2) is 0 Å². The highest BCUT2D eigenvalue weighted by atomic mass is 15.1. The number of hydrogen-bond acceptors (Lipinski definition) is 2. The Hall–Kier alpha value is -1.35. The smallest absolute Gasteiger partial charge is 0.0937 e. The minimum atomic E-state index is 0.221. The lowest BCUT2D eigenvalue weighted by Gasteiger charge is -2.31. The Bertz CT molecular complexity index is 448. The van der Waals surface area contributed by atoms with Crippen LogP contribution in [0.4, 0.5) is 0 Å². The molecule has 1 aliphatic heterocycles. The van der Waals surface area contributed by atoms with Crippen LogP contribution < -0.4 is 5.73 Å². The number of amidine groups is 1. The van der Waals surface area contributed by atoms with Gasteiger partial charge in [-0.2, -0.15) is 0 Å². The lowest BCUT2D eigenvalue weighted by molar-refractivity contribution is 0.201. The highest BCUT2D eigenvalue weighted by Crippen LogP contribution is 2.23. The Morgan fingerprint density at radius 2 is 1.75 bits per heavy atom. The molecule has 0 aliphatic carbocycles. The molecule has 1 aromatic carbocycles. The van der Waals surface area contributed by atoms with Crippen molar-refractivity contribution in [2.75, 3.05) is 13.1 Å². The molecule has 3 heteroatoms. The molecule has 1 aliphatic rings. The summed E-state index contributed by atoms with van der Waals surface area (Å²) in [6.45, 7) is 9.84. The zero-order valence-electron chi connectivity index (χ0n) is 12.9. The highest BCUT2D eigenvalue weighted by Gasteiger charge is 2.21. The van der Waals surface area contributed by atoms with Crippen LogP contribution in [0.25, 0.3) is 0 Å². The van der Waals surface area contributed by atoms with Crippen molar-refractivity contribution in [3.8, 4) is 0 Å². The molecule has 2 rings (SSSR count). The highest BCUT2D eigenvalue weighted by molar-refractivity contribution is 5.79. The molecule has 0 spiro atoms. The van der Waals surface area contributed by atoms with Gasteiger partial charge in [0, 0.05) is 12.5 Å². The van der Waals surface area contributed by atoms with Crippen LogP contribution in [0.3, 0.4) is 0 Å². The van der Waals surface area contributed by atoms with Gasteiger partial charge in [-0.15, -0.1) is 0 Å². The second kappa shape index (κ2) is 5.96. The molecule has 110 valence electrons. The molecular weight excluding hydrogens is 246 g/mol. The largest absolute Gasteiger partial charge is 0.387 e. The summed E-state index contributed by atoms with van der Waals surface area (Å²) in [5.41, 5.74) is 8.57. The molecule has 1 fully saturated rings. The van der Waals surface area contributed by atoms with E-state index in [1.807, 2.05) is 0 Å². The standard InChI is InChI=1S/C17H27N3/c1-17(2,3)15-6-4-13(5-7-15)12-20-10-8-14(9-11-20)16(18)19/h4-7,14H,8-12H2,1-3H3,(H3,18,19). The molecule has 1 saturated heterocycles. The van der Waals surface area contributed by atoms with Crippen LogP contribution in [-0.2, 0) is 12.0 Å². The van der Waals surface area contributed by atoms with Crippen LogP contribution >= 0.6 is 0 Å². The molecule has 0 radical (unpaired) electrons. The van der Waals surface area contributed by atoms with Gasteiger partial charge < -0.3 is 5.73 Å².